The van der Waals surface area contributed by atoms with Crippen molar-refractivity contribution in [2.24, 2.45) is 0 Å². The van der Waals surface area contributed by atoms with Gasteiger partial charge < -0.3 is 0 Å². The van der Waals surface area contributed by atoms with Crippen LogP contribution in [0.5, 0.6) is 0 Å². The van der Waals surface area contributed by atoms with Gasteiger partial charge >= 0.3 is 71.2 Å². The Labute approximate surface area is 86.9 Å². The van der Waals surface area contributed by atoms with E-state index in [1.807, 2.05) is 0 Å². The van der Waals surface area contributed by atoms with Crippen molar-refractivity contribution in [3.63, 3.8) is 0 Å². The molecule has 0 aliphatic rings. The molecule has 0 saturated heterocycles. The Morgan fingerprint density at radius 1 is 1.08 bits per heavy atom. The first-order valence-corrected chi connectivity index (χ1v) is 9.89. The van der Waals surface area contributed by atoms with Crippen LogP contribution in [0.15, 0.2) is 0 Å². The molecule has 2 N–H and O–H groups in total. The normalized spacial score (nSPS) is 8.92. The fourth-order valence-corrected chi connectivity index (χ4v) is 5.86. The summed E-state index contributed by atoms with van der Waals surface area (Å²) in [4.78, 5) is 0. The molecule has 0 aromatic carbocycles. The maximum Gasteiger partial charge on any atom is -0.0737 e. The number of unbranched alkanes of at least 4 members (excludes halogenated alkanes) is 2. The van der Waals surface area contributed by atoms with Crippen molar-refractivity contribution in [3.8, 4) is 0 Å². The minimum atomic E-state index is -1.99. The minimum Gasteiger partial charge on any atom is -0.221 e. The van der Waals surface area contributed by atoms with Gasteiger partial charge in [0, 0.05) is 0 Å². The van der Waals surface area contributed by atoms with Gasteiger partial charge in [-0.2, -0.15) is 0 Å². The molecule has 5 heteroatoms. The van der Waals surface area contributed by atoms with Crippen LogP contribution >= 0.6 is 0 Å². The van der Waals surface area contributed by atoms with E-state index in [-0.39, 0.29) is 0 Å². The topological polar surface area (TPSA) is 66.8 Å². The predicted molar refractivity (Wildman–Crippen MR) is 52.2 cm³/mol. The molecule has 0 amide bonds. The number of hydrogen-bond donors (Lipinski definition) is 2. The third kappa shape index (κ3) is 19.1. The van der Waals surface area contributed by atoms with Gasteiger partial charge in [-0.1, -0.05) is 5.04 Å². The fraction of sp³-hybridized carbons (Fsp3) is 1.00. The van der Waals surface area contributed by atoms with Crippen molar-refractivity contribution in [1.29, 1.82) is 0 Å². The molecule has 0 spiro atoms. The summed E-state index contributed by atoms with van der Waals surface area (Å²) in [7, 11) is 0. The van der Waals surface area contributed by atoms with Crippen LogP contribution in [0.4, 0.5) is 0 Å². The zero-order valence-corrected chi connectivity index (χ0v) is 11.3. The Morgan fingerprint density at radius 2 is 1.38 bits per heavy atom. The summed E-state index contributed by atoms with van der Waals surface area (Å²) < 4.78 is 13.4. The summed E-state index contributed by atoms with van der Waals surface area (Å²) >= 11 is -1.99. The van der Waals surface area contributed by atoms with Crippen LogP contribution < -0.4 is 0 Å². The SMILES string of the molecule is CCC[CH2][Sn](=[O])[CH2]CCC.OOO. The molecule has 4 nitrogen and oxygen atoms in total. The molecular formula is C8H20O4Sn. The van der Waals surface area contributed by atoms with Gasteiger partial charge in [0.05, 0.1) is 0 Å². The van der Waals surface area contributed by atoms with Gasteiger partial charge in [-0.05, 0) is 0 Å². The van der Waals surface area contributed by atoms with Crippen LogP contribution in [0.2, 0.25) is 8.87 Å². The summed E-state index contributed by atoms with van der Waals surface area (Å²) in [6, 6.07) is 0. The van der Waals surface area contributed by atoms with Gasteiger partial charge in [0.1, 0.15) is 0 Å². The van der Waals surface area contributed by atoms with E-state index in [1.54, 1.807) is 0 Å². The molecule has 0 radical (unpaired) electrons. The second kappa shape index (κ2) is 15.0. The quantitative estimate of drug-likeness (QED) is 0.449. The van der Waals surface area contributed by atoms with Crippen molar-refractivity contribution in [3.05, 3.63) is 0 Å². The average molecular weight is 299 g/mol. The second-order valence-corrected chi connectivity index (χ2v) is 8.76. The van der Waals surface area contributed by atoms with E-state index in [9.17, 15) is 3.08 Å². The largest absolute Gasteiger partial charge is 0.221 e. The van der Waals surface area contributed by atoms with Gasteiger partial charge in [0.25, 0.3) is 0 Å². The summed E-state index contributed by atoms with van der Waals surface area (Å²) in [6.45, 7) is 4.33. The van der Waals surface area contributed by atoms with Crippen molar-refractivity contribution < 1.29 is 18.6 Å². The Bertz CT molecular complexity index is 98.3. The Kier molecular flexibility index (Phi) is 18.3. The van der Waals surface area contributed by atoms with Crippen LogP contribution in [0, 0.1) is 0 Å². The van der Waals surface area contributed by atoms with Crippen LogP contribution in [-0.2, 0) is 8.12 Å². The molecule has 0 aliphatic carbocycles. The maximum absolute atomic E-state index is 11.2. The van der Waals surface area contributed by atoms with Crippen molar-refractivity contribution >= 4 is 19.7 Å². The van der Waals surface area contributed by atoms with E-state index in [2.05, 4.69) is 18.9 Å². The van der Waals surface area contributed by atoms with Crippen LogP contribution in [0.25, 0.3) is 0 Å². The minimum absolute atomic E-state index is 1.08. The number of rotatable bonds is 6. The zero-order chi connectivity index (χ0) is 10.5. The van der Waals surface area contributed by atoms with Gasteiger partial charge in [0.15, 0.2) is 0 Å². The second-order valence-electron chi connectivity index (χ2n) is 2.83. The Balaban J connectivity index is 0. The molecule has 0 fully saturated rings. The molecule has 0 saturated carbocycles. The van der Waals surface area contributed by atoms with Crippen molar-refractivity contribution in [2.75, 3.05) is 0 Å². The summed E-state index contributed by atoms with van der Waals surface area (Å²) in [5, 5.41) is 15.5. The summed E-state index contributed by atoms with van der Waals surface area (Å²) in [5.74, 6) is 0. The standard InChI is InChI=1S/2C4H9.H2O3.O.Sn/c2*1-3-4-2;1-3-2;;/h2*1,3-4H2,2H3;1-2H;;. The van der Waals surface area contributed by atoms with Crippen LogP contribution in [-0.4, -0.2) is 30.3 Å². The molecule has 0 aromatic rings. The zero-order valence-electron chi connectivity index (χ0n) is 8.45. The van der Waals surface area contributed by atoms with Crippen LogP contribution in [0.3, 0.4) is 0 Å². The molecule has 0 unspecified atom stereocenters. The maximum atomic E-state index is 11.2. The van der Waals surface area contributed by atoms with E-state index in [0.717, 1.165) is 8.87 Å². The molecule has 0 rings (SSSR count). The molecule has 0 atom stereocenters. The van der Waals surface area contributed by atoms with E-state index in [1.165, 1.54) is 25.7 Å². The fourth-order valence-electron chi connectivity index (χ4n) is 0.873. The number of hydrogen-bond acceptors (Lipinski definition) is 4. The summed E-state index contributed by atoms with van der Waals surface area (Å²) in [6.07, 6.45) is 4.81. The average Bonchev–Trinajstić information content (AvgIpc) is 2.12. The molecular weight excluding hydrogens is 279 g/mol. The third-order valence-corrected chi connectivity index (χ3v) is 6.82. The van der Waals surface area contributed by atoms with E-state index < -0.39 is 19.7 Å². The smallest absolute Gasteiger partial charge is 0.0737 e. The van der Waals surface area contributed by atoms with Crippen molar-refractivity contribution in [1.82, 2.24) is 0 Å². The van der Waals surface area contributed by atoms with E-state index >= 15 is 0 Å². The molecule has 80 valence electrons. The molecule has 0 aliphatic heterocycles. The van der Waals surface area contributed by atoms with Gasteiger partial charge in [-0.25, -0.2) is 10.5 Å². The first-order chi connectivity index (χ1) is 6.22. The van der Waals surface area contributed by atoms with Crippen LogP contribution in [0.1, 0.15) is 39.5 Å². The van der Waals surface area contributed by atoms with Gasteiger partial charge in [-0.15, -0.1) is 0 Å². The first-order valence-electron chi connectivity index (χ1n) is 4.69. The van der Waals surface area contributed by atoms with E-state index in [0.29, 0.717) is 0 Å². The Hall–Kier alpha value is 0.479. The third-order valence-electron chi connectivity index (χ3n) is 1.62. The Morgan fingerprint density at radius 3 is 1.62 bits per heavy atom. The summed E-state index contributed by atoms with van der Waals surface area (Å²) in [5.41, 5.74) is 0. The van der Waals surface area contributed by atoms with Crippen molar-refractivity contribution in [2.45, 2.75) is 48.4 Å². The van der Waals surface area contributed by atoms with Gasteiger partial charge in [0.2, 0.25) is 0 Å². The molecule has 0 heterocycles. The monoisotopic (exact) mass is 300 g/mol. The van der Waals surface area contributed by atoms with E-state index in [4.69, 9.17) is 10.5 Å². The molecule has 13 heavy (non-hydrogen) atoms. The predicted octanol–water partition coefficient (Wildman–Crippen LogP) is 2.96. The molecule has 0 aromatic heterocycles. The first kappa shape index (κ1) is 15.9. The van der Waals surface area contributed by atoms with Gasteiger partial charge in [-0.3, -0.25) is 0 Å². The molecule has 0 bridgehead atoms.